The summed E-state index contributed by atoms with van der Waals surface area (Å²) in [5.41, 5.74) is 8.58. The van der Waals surface area contributed by atoms with Crippen molar-refractivity contribution in [2.75, 3.05) is 17.7 Å². The average molecular weight is 350 g/mol. The number of ether oxygens (including phenoxy) is 1. The van der Waals surface area contributed by atoms with Gasteiger partial charge >= 0.3 is 0 Å². The standard InChI is InChI=1S/C16H20BrN3O/c1-10(2)9-21-16-13(18)5-7-15(20-16)19-14-6-4-11(3)8-12(14)17/h4-8,10H,9,18H2,1-3H3,(H,19,20). The molecule has 0 saturated carbocycles. The molecule has 3 N–H and O–H groups in total. The Morgan fingerprint density at radius 2 is 2.05 bits per heavy atom. The highest BCUT2D eigenvalue weighted by molar-refractivity contribution is 9.10. The zero-order valence-electron chi connectivity index (χ0n) is 12.5. The summed E-state index contributed by atoms with van der Waals surface area (Å²) in [6, 6.07) is 9.74. The van der Waals surface area contributed by atoms with Gasteiger partial charge in [-0.3, -0.25) is 0 Å². The third-order valence-corrected chi connectivity index (χ3v) is 3.49. The zero-order chi connectivity index (χ0) is 15.4. The number of anilines is 3. The van der Waals surface area contributed by atoms with Crippen LogP contribution in [0, 0.1) is 12.8 Å². The summed E-state index contributed by atoms with van der Waals surface area (Å²) in [5.74, 6) is 1.60. The lowest BCUT2D eigenvalue weighted by Gasteiger charge is -2.13. The Hall–Kier alpha value is -1.75. The number of rotatable bonds is 5. The van der Waals surface area contributed by atoms with Gasteiger partial charge in [-0.25, -0.2) is 0 Å². The SMILES string of the molecule is Cc1ccc(Nc2ccc(N)c(OCC(C)C)n2)c(Br)c1. The van der Waals surface area contributed by atoms with Crippen molar-refractivity contribution in [3.8, 4) is 5.88 Å². The van der Waals surface area contributed by atoms with E-state index in [2.05, 4.69) is 46.1 Å². The van der Waals surface area contributed by atoms with E-state index in [1.807, 2.05) is 25.1 Å². The van der Waals surface area contributed by atoms with Crippen LogP contribution in [0.25, 0.3) is 0 Å². The predicted molar refractivity (Wildman–Crippen MR) is 91.1 cm³/mol. The molecule has 0 aliphatic heterocycles. The van der Waals surface area contributed by atoms with Crippen LogP contribution in [0.4, 0.5) is 17.2 Å². The summed E-state index contributed by atoms with van der Waals surface area (Å²) in [6.07, 6.45) is 0. The number of benzene rings is 1. The van der Waals surface area contributed by atoms with Gasteiger partial charge in [-0.1, -0.05) is 19.9 Å². The van der Waals surface area contributed by atoms with Crippen LogP contribution >= 0.6 is 15.9 Å². The number of hydrogen-bond acceptors (Lipinski definition) is 4. The first-order chi connectivity index (χ1) is 9.95. The molecule has 0 atom stereocenters. The van der Waals surface area contributed by atoms with E-state index < -0.39 is 0 Å². The van der Waals surface area contributed by atoms with Crippen LogP contribution in [-0.4, -0.2) is 11.6 Å². The smallest absolute Gasteiger partial charge is 0.239 e. The first-order valence-corrected chi connectivity index (χ1v) is 7.67. The Kier molecular flexibility index (Phi) is 5.07. The van der Waals surface area contributed by atoms with E-state index in [1.165, 1.54) is 5.56 Å². The summed E-state index contributed by atoms with van der Waals surface area (Å²) >= 11 is 3.54. The number of aromatic nitrogens is 1. The number of nitrogen functional groups attached to an aromatic ring is 1. The second-order valence-corrected chi connectivity index (χ2v) is 6.26. The maximum Gasteiger partial charge on any atom is 0.239 e. The van der Waals surface area contributed by atoms with Gasteiger partial charge in [0.05, 0.1) is 18.0 Å². The number of pyridine rings is 1. The summed E-state index contributed by atoms with van der Waals surface area (Å²) in [5, 5.41) is 3.26. The van der Waals surface area contributed by atoms with E-state index >= 15 is 0 Å². The normalized spacial score (nSPS) is 10.7. The van der Waals surface area contributed by atoms with E-state index in [1.54, 1.807) is 6.07 Å². The molecule has 21 heavy (non-hydrogen) atoms. The van der Waals surface area contributed by atoms with Crippen LogP contribution in [0.1, 0.15) is 19.4 Å². The number of halogens is 1. The lowest BCUT2D eigenvalue weighted by Crippen LogP contribution is -2.08. The molecule has 112 valence electrons. The molecule has 2 rings (SSSR count). The van der Waals surface area contributed by atoms with E-state index in [-0.39, 0.29) is 0 Å². The Bertz CT molecular complexity index is 629. The molecule has 0 fully saturated rings. The van der Waals surface area contributed by atoms with E-state index in [0.717, 1.165) is 10.2 Å². The van der Waals surface area contributed by atoms with E-state index in [0.29, 0.717) is 29.9 Å². The number of hydrogen-bond donors (Lipinski definition) is 2. The quantitative estimate of drug-likeness (QED) is 0.833. The molecule has 4 nitrogen and oxygen atoms in total. The van der Waals surface area contributed by atoms with Gasteiger partial charge in [0.1, 0.15) is 5.82 Å². The average Bonchev–Trinajstić information content (AvgIpc) is 2.42. The van der Waals surface area contributed by atoms with Crippen LogP contribution in [0.5, 0.6) is 5.88 Å². The highest BCUT2D eigenvalue weighted by Gasteiger charge is 2.07. The summed E-state index contributed by atoms with van der Waals surface area (Å²) in [7, 11) is 0. The largest absolute Gasteiger partial charge is 0.476 e. The third kappa shape index (κ3) is 4.36. The highest BCUT2D eigenvalue weighted by atomic mass is 79.9. The van der Waals surface area contributed by atoms with Crippen LogP contribution in [-0.2, 0) is 0 Å². The Morgan fingerprint density at radius 1 is 1.29 bits per heavy atom. The van der Waals surface area contributed by atoms with Crippen molar-refractivity contribution in [2.45, 2.75) is 20.8 Å². The molecule has 1 aromatic carbocycles. The molecule has 2 aromatic rings. The molecule has 0 aliphatic carbocycles. The topological polar surface area (TPSA) is 60.2 Å². The van der Waals surface area contributed by atoms with E-state index in [4.69, 9.17) is 10.5 Å². The van der Waals surface area contributed by atoms with Crippen LogP contribution in [0.15, 0.2) is 34.8 Å². The zero-order valence-corrected chi connectivity index (χ0v) is 14.1. The van der Waals surface area contributed by atoms with Gasteiger partial charge < -0.3 is 15.8 Å². The molecular formula is C16H20BrN3O. The third-order valence-electron chi connectivity index (χ3n) is 2.83. The summed E-state index contributed by atoms with van der Waals surface area (Å²) in [6.45, 7) is 6.81. The molecule has 1 heterocycles. The van der Waals surface area contributed by atoms with Crippen molar-refractivity contribution in [3.05, 3.63) is 40.4 Å². The Balaban J connectivity index is 2.18. The lowest BCUT2D eigenvalue weighted by atomic mass is 10.2. The molecule has 0 saturated heterocycles. The van der Waals surface area contributed by atoms with Crippen LogP contribution < -0.4 is 15.8 Å². The van der Waals surface area contributed by atoms with Gasteiger partial charge in [-0.15, -0.1) is 0 Å². The minimum absolute atomic E-state index is 0.425. The number of nitrogens with zero attached hydrogens (tertiary/aromatic N) is 1. The highest BCUT2D eigenvalue weighted by Crippen LogP contribution is 2.28. The monoisotopic (exact) mass is 349 g/mol. The van der Waals surface area contributed by atoms with Crippen molar-refractivity contribution in [2.24, 2.45) is 5.92 Å². The molecule has 0 aliphatic rings. The maximum atomic E-state index is 5.89. The molecule has 0 bridgehead atoms. The summed E-state index contributed by atoms with van der Waals surface area (Å²) < 4.78 is 6.63. The fourth-order valence-corrected chi connectivity index (χ4v) is 2.33. The minimum Gasteiger partial charge on any atom is -0.476 e. The van der Waals surface area contributed by atoms with Gasteiger partial charge in [0.25, 0.3) is 0 Å². The van der Waals surface area contributed by atoms with Crippen molar-refractivity contribution in [3.63, 3.8) is 0 Å². The number of nitrogens with one attached hydrogen (secondary N) is 1. The number of nitrogens with two attached hydrogens (primary N) is 1. The fraction of sp³-hybridized carbons (Fsp3) is 0.312. The first-order valence-electron chi connectivity index (χ1n) is 6.88. The minimum atomic E-state index is 0.425. The predicted octanol–water partition coefficient (Wildman–Crippen LogP) is 4.51. The van der Waals surface area contributed by atoms with Crippen molar-refractivity contribution in [1.82, 2.24) is 4.98 Å². The Labute approximate surface area is 133 Å². The molecule has 0 amide bonds. The number of aryl methyl sites for hydroxylation is 1. The molecular weight excluding hydrogens is 330 g/mol. The maximum absolute atomic E-state index is 5.89. The van der Waals surface area contributed by atoms with Crippen LogP contribution in [0.2, 0.25) is 0 Å². The van der Waals surface area contributed by atoms with Crippen molar-refractivity contribution >= 4 is 33.1 Å². The van der Waals surface area contributed by atoms with E-state index in [9.17, 15) is 0 Å². The fourth-order valence-electron chi connectivity index (χ4n) is 1.74. The second-order valence-electron chi connectivity index (χ2n) is 5.40. The first kappa shape index (κ1) is 15.6. The van der Waals surface area contributed by atoms with Gasteiger partial charge in [0.15, 0.2) is 0 Å². The van der Waals surface area contributed by atoms with Gasteiger partial charge in [-0.05, 0) is 58.6 Å². The van der Waals surface area contributed by atoms with Gasteiger partial charge in [0, 0.05) is 4.47 Å². The second kappa shape index (κ2) is 6.80. The van der Waals surface area contributed by atoms with Crippen molar-refractivity contribution in [1.29, 1.82) is 0 Å². The molecule has 0 radical (unpaired) electrons. The molecule has 1 aromatic heterocycles. The van der Waals surface area contributed by atoms with Crippen molar-refractivity contribution < 1.29 is 4.74 Å². The summed E-state index contributed by atoms with van der Waals surface area (Å²) in [4.78, 5) is 4.42. The molecule has 0 spiro atoms. The molecule has 0 unspecified atom stereocenters. The van der Waals surface area contributed by atoms with Gasteiger partial charge in [0.2, 0.25) is 5.88 Å². The molecule has 5 heteroatoms. The lowest BCUT2D eigenvalue weighted by molar-refractivity contribution is 0.263. The van der Waals surface area contributed by atoms with Gasteiger partial charge in [-0.2, -0.15) is 4.98 Å². The van der Waals surface area contributed by atoms with Crippen LogP contribution in [0.3, 0.4) is 0 Å². The Morgan fingerprint density at radius 3 is 2.71 bits per heavy atom.